The lowest BCUT2D eigenvalue weighted by molar-refractivity contribution is -0.908. The Bertz CT molecular complexity index is 764. The molecule has 0 aliphatic heterocycles. The molecule has 0 aliphatic carbocycles. The fourth-order valence-corrected chi connectivity index (χ4v) is 4.42. The fraction of sp³-hybridized carbons (Fsp3) is 0.556. The van der Waals surface area contributed by atoms with Crippen LogP contribution < -0.4 is 17.1 Å². The van der Waals surface area contributed by atoms with Crippen molar-refractivity contribution in [3.8, 4) is 5.75 Å². The molecule has 0 heterocycles. The van der Waals surface area contributed by atoms with Gasteiger partial charge in [0.2, 0.25) is 6.29 Å². The molecule has 0 spiro atoms. The maximum absolute atomic E-state index is 6.26. The smallest absolute Gasteiger partial charge is 0.249 e. The molecule has 2 aromatic rings. The summed E-state index contributed by atoms with van der Waals surface area (Å²) >= 11 is 0. The second-order valence-electron chi connectivity index (χ2n) is 10.9. The highest BCUT2D eigenvalue weighted by atomic mass is 35.5. The van der Waals surface area contributed by atoms with Gasteiger partial charge in [0.1, 0.15) is 18.8 Å². The van der Waals surface area contributed by atoms with E-state index in [1.54, 1.807) is 0 Å². The summed E-state index contributed by atoms with van der Waals surface area (Å²) in [5.74, 6) is 0.864. The van der Waals surface area contributed by atoms with E-state index in [9.17, 15) is 0 Å². The number of quaternary nitrogens is 1. The first-order valence-corrected chi connectivity index (χ1v) is 11.1. The largest absolute Gasteiger partial charge is 1.00 e. The van der Waals surface area contributed by atoms with Gasteiger partial charge in [-0.05, 0) is 41.9 Å². The fourth-order valence-electron chi connectivity index (χ4n) is 4.42. The van der Waals surface area contributed by atoms with E-state index in [1.165, 1.54) is 11.1 Å². The lowest BCUT2D eigenvalue weighted by atomic mass is 9.72. The molecule has 0 aliphatic rings. The molecule has 1 atom stereocenters. The van der Waals surface area contributed by atoms with Crippen LogP contribution in [-0.2, 0) is 16.7 Å². The third-order valence-corrected chi connectivity index (χ3v) is 5.32. The Hall–Kier alpha value is -1.55. The van der Waals surface area contributed by atoms with Crippen LogP contribution in [0.4, 0.5) is 0 Å². The number of hydrogen-bond donors (Lipinski definition) is 0. The van der Waals surface area contributed by atoms with E-state index in [4.69, 9.17) is 9.47 Å². The van der Waals surface area contributed by atoms with Gasteiger partial charge in [-0.15, -0.1) is 0 Å². The van der Waals surface area contributed by atoms with Gasteiger partial charge in [0.25, 0.3) is 0 Å². The maximum atomic E-state index is 6.26. The Morgan fingerprint density at radius 3 is 1.97 bits per heavy atom. The molecule has 0 saturated carbocycles. The van der Waals surface area contributed by atoms with Crippen molar-refractivity contribution in [2.24, 2.45) is 5.41 Å². The van der Waals surface area contributed by atoms with Crippen LogP contribution in [0.15, 0.2) is 54.6 Å². The van der Waals surface area contributed by atoms with Gasteiger partial charge in [-0.25, -0.2) is 0 Å². The number of rotatable bonds is 10. The molecule has 0 fully saturated rings. The second-order valence-corrected chi connectivity index (χ2v) is 10.9. The quantitative estimate of drug-likeness (QED) is 0.410. The van der Waals surface area contributed by atoms with Gasteiger partial charge in [-0.3, -0.25) is 0 Å². The molecule has 0 amide bonds. The lowest BCUT2D eigenvalue weighted by Crippen LogP contribution is -3.00. The van der Waals surface area contributed by atoms with Crippen LogP contribution in [0.1, 0.15) is 59.1 Å². The monoisotopic (exact) mass is 447 g/mol. The normalized spacial score (nSPS) is 13.4. The van der Waals surface area contributed by atoms with Crippen molar-refractivity contribution in [2.45, 2.75) is 66.2 Å². The average Bonchev–Trinajstić information content (AvgIpc) is 2.60. The second kappa shape index (κ2) is 11.4. The van der Waals surface area contributed by atoms with Gasteiger partial charge in [0.05, 0.1) is 14.1 Å². The van der Waals surface area contributed by atoms with E-state index in [1.807, 2.05) is 6.92 Å². The minimum absolute atomic E-state index is 0. The van der Waals surface area contributed by atoms with Crippen LogP contribution in [0.25, 0.3) is 0 Å². The van der Waals surface area contributed by atoms with Crippen LogP contribution in [-0.4, -0.2) is 38.0 Å². The molecule has 1 unspecified atom stereocenters. The number of nitrogens with zero attached hydrogens (tertiary/aromatic N) is 1. The number of ether oxygens (including phenoxy) is 2. The van der Waals surface area contributed by atoms with Gasteiger partial charge in [0, 0.05) is 12.2 Å². The predicted octanol–water partition coefficient (Wildman–Crippen LogP) is 3.42. The van der Waals surface area contributed by atoms with Crippen molar-refractivity contribution in [2.75, 3.05) is 27.2 Å². The zero-order valence-corrected chi connectivity index (χ0v) is 21.5. The summed E-state index contributed by atoms with van der Waals surface area (Å²) < 4.78 is 13.0. The summed E-state index contributed by atoms with van der Waals surface area (Å²) in [6, 6.07) is 19.2. The van der Waals surface area contributed by atoms with Crippen LogP contribution in [0.2, 0.25) is 0 Å². The first kappa shape index (κ1) is 27.5. The van der Waals surface area contributed by atoms with E-state index >= 15 is 0 Å². The van der Waals surface area contributed by atoms with E-state index < -0.39 is 0 Å². The third kappa shape index (κ3) is 9.64. The molecule has 0 bridgehead atoms. The minimum Gasteiger partial charge on any atom is -1.00 e. The van der Waals surface area contributed by atoms with Gasteiger partial charge in [0.15, 0.2) is 0 Å². The van der Waals surface area contributed by atoms with Crippen LogP contribution in [0.3, 0.4) is 0 Å². The molecule has 3 nitrogen and oxygen atoms in total. The zero-order chi connectivity index (χ0) is 22.4. The molecule has 31 heavy (non-hydrogen) atoms. The minimum atomic E-state index is -0.276. The SMILES string of the molecule is CCOC(C[N+](C)(C)Cc1ccccc1)Oc1ccc(C(C)(C)CC(C)(C)C)cc1.[Cl-]. The highest BCUT2D eigenvalue weighted by Crippen LogP contribution is 2.36. The zero-order valence-electron chi connectivity index (χ0n) is 20.7. The Morgan fingerprint density at radius 2 is 1.45 bits per heavy atom. The molecular formula is C27H42ClNO2. The Morgan fingerprint density at radius 1 is 0.871 bits per heavy atom. The van der Waals surface area contributed by atoms with Crippen molar-refractivity contribution >= 4 is 0 Å². The maximum Gasteiger partial charge on any atom is 0.249 e. The summed E-state index contributed by atoms with van der Waals surface area (Å²) in [4.78, 5) is 0. The van der Waals surface area contributed by atoms with Crippen LogP contribution in [0, 0.1) is 5.41 Å². The first-order valence-electron chi connectivity index (χ1n) is 11.1. The highest BCUT2D eigenvalue weighted by molar-refractivity contribution is 5.32. The van der Waals surface area contributed by atoms with Gasteiger partial charge >= 0.3 is 0 Å². The molecule has 4 heteroatoms. The van der Waals surface area contributed by atoms with E-state index in [0.29, 0.717) is 12.0 Å². The number of hydrogen-bond acceptors (Lipinski definition) is 2. The molecule has 0 N–H and O–H groups in total. The van der Waals surface area contributed by atoms with Crippen molar-refractivity contribution in [3.05, 3.63) is 65.7 Å². The van der Waals surface area contributed by atoms with Crippen molar-refractivity contribution in [1.82, 2.24) is 0 Å². The van der Waals surface area contributed by atoms with Gasteiger partial charge in [-0.2, -0.15) is 0 Å². The van der Waals surface area contributed by atoms with Crippen molar-refractivity contribution < 1.29 is 26.4 Å². The summed E-state index contributed by atoms with van der Waals surface area (Å²) in [6.45, 7) is 15.9. The van der Waals surface area contributed by atoms with E-state index in [0.717, 1.165) is 29.7 Å². The summed E-state index contributed by atoms with van der Waals surface area (Å²) in [7, 11) is 4.45. The van der Waals surface area contributed by atoms with Crippen molar-refractivity contribution in [1.29, 1.82) is 0 Å². The topological polar surface area (TPSA) is 18.5 Å². The lowest BCUT2D eigenvalue weighted by Gasteiger charge is -2.34. The Kier molecular flexibility index (Phi) is 10.1. The average molecular weight is 448 g/mol. The first-order chi connectivity index (χ1) is 13.9. The molecular weight excluding hydrogens is 406 g/mol. The van der Waals surface area contributed by atoms with E-state index in [2.05, 4.69) is 103 Å². The predicted molar refractivity (Wildman–Crippen MR) is 127 cm³/mol. The molecule has 0 aromatic heterocycles. The number of likely N-dealkylation sites (N-methyl/N-ethyl adjacent to an activating group) is 1. The molecule has 2 aromatic carbocycles. The number of benzene rings is 2. The third-order valence-electron chi connectivity index (χ3n) is 5.32. The molecule has 2 rings (SSSR count). The van der Waals surface area contributed by atoms with Crippen LogP contribution >= 0.6 is 0 Å². The Labute approximate surface area is 196 Å². The van der Waals surface area contributed by atoms with Crippen LogP contribution in [0.5, 0.6) is 5.75 Å². The summed E-state index contributed by atoms with van der Waals surface area (Å²) in [6.07, 6.45) is 0.856. The standard InChI is InChI=1S/C27H42NO2.ClH/c1-9-29-25(20-28(7,8)19-22-13-11-10-12-14-22)30-24-17-15-23(16-18-24)27(5,6)21-26(2,3)4;/h10-18,25H,9,19-21H2,1-8H3;1H/q+1;/p-1. The summed E-state index contributed by atoms with van der Waals surface area (Å²) in [5.41, 5.74) is 3.09. The molecule has 0 saturated heterocycles. The van der Waals surface area contributed by atoms with Gasteiger partial charge < -0.3 is 26.4 Å². The molecule has 0 radical (unpaired) electrons. The van der Waals surface area contributed by atoms with E-state index in [-0.39, 0.29) is 24.1 Å². The Balaban J connectivity index is 0.00000480. The number of halogens is 1. The van der Waals surface area contributed by atoms with Crippen molar-refractivity contribution in [3.63, 3.8) is 0 Å². The summed E-state index contributed by atoms with van der Waals surface area (Å²) in [5, 5.41) is 0. The van der Waals surface area contributed by atoms with Gasteiger partial charge in [-0.1, -0.05) is 77.1 Å². The highest BCUT2D eigenvalue weighted by Gasteiger charge is 2.28. The molecule has 174 valence electrons.